The number of likely N-dealkylation sites (tertiary alicyclic amines) is 1. The van der Waals surface area contributed by atoms with Crippen molar-refractivity contribution in [1.82, 2.24) is 19.8 Å². The van der Waals surface area contributed by atoms with Gasteiger partial charge in [0.15, 0.2) is 0 Å². The maximum absolute atomic E-state index is 13.8. The Hall–Kier alpha value is -3.91. The molecular formula is C35H44N4O4. The van der Waals surface area contributed by atoms with Crippen LogP contribution in [0.25, 0.3) is 21.8 Å². The van der Waals surface area contributed by atoms with Crippen LogP contribution in [-0.2, 0) is 27.1 Å². The van der Waals surface area contributed by atoms with E-state index in [0.717, 1.165) is 58.9 Å². The molecule has 43 heavy (non-hydrogen) atoms. The zero-order chi connectivity index (χ0) is 30.4. The number of hydrogen-bond donors (Lipinski definition) is 1. The lowest BCUT2D eigenvalue weighted by atomic mass is 9.98. The van der Waals surface area contributed by atoms with Crippen LogP contribution in [0.4, 0.5) is 4.79 Å². The zero-order valence-electron chi connectivity index (χ0n) is 25.8. The van der Waals surface area contributed by atoms with Gasteiger partial charge in [0, 0.05) is 45.7 Å². The Bertz CT molecular complexity index is 1560. The number of fused-ring (bicyclic) bond motifs is 2. The monoisotopic (exact) mass is 584 g/mol. The summed E-state index contributed by atoms with van der Waals surface area (Å²) >= 11 is 0. The third-order valence-electron chi connectivity index (χ3n) is 7.97. The van der Waals surface area contributed by atoms with Crippen LogP contribution in [0, 0.1) is 0 Å². The lowest BCUT2D eigenvalue weighted by molar-refractivity contribution is -0.133. The van der Waals surface area contributed by atoms with Crippen molar-refractivity contribution in [2.75, 3.05) is 26.8 Å². The summed E-state index contributed by atoms with van der Waals surface area (Å²) in [4.78, 5) is 33.6. The van der Waals surface area contributed by atoms with Crippen molar-refractivity contribution < 1.29 is 19.1 Å². The van der Waals surface area contributed by atoms with E-state index in [1.54, 1.807) is 7.11 Å². The van der Waals surface area contributed by atoms with Gasteiger partial charge in [-0.1, -0.05) is 54.6 Å². The Kier molecular flexibility index (Phi) is 9.65. The predicted octanol–water partition coefficient (Wildman–Crippen LogP) is 6.46. The Labute approximate surface area is 254 Å². The van der Waals surface area contributed by atoms with Crippen molar-refractivity contribution in [1.29, 1.82) is 0 Å². The van der Waals surface area contributed by atoms with Crippen LogP contribution < -0.4 is 5.32 Å². The SMILES string of the molecule is COCCCc1nc2ccccc2n1[C@@H]1CCCN(C(=O)C[C@@H](Cc2ccc3ccccc3c2)NC(=O)OC(C)(C)C)C1. The maximum Gasteiger partial charge on any atom is 0.407 e. The van der Waals surface area contributed by atoms with Gasteiger partial charge in [-0.25, -0.2) is 9.78 Å². The van der Waals surface area contributed by atoms with E-state index in [1.807, 2.05) is 49.9 Å². The summed E-state index contributed by atoms with van der Waals surface area (Å²) in [7, 11) is 1.72. The largest absolute Gasteiger partial charge is 0.444 e. The molecule has 0 spiro atoms. The van der Waals surface area contributed by atoms with Crippen LogP contribution >= 0.6 is 0 Å². The zero-order valence-corrected chi connectivity index (χ0v) is 25.8. The number of nitrogens with one attached hydrogen (secondary N) is 1. The number of hydrogen-bond acceptors (Lipinski definition) is 5. The fourth-order valence-electron chi connectivity index (χ4n) is 6.08. The first-order valence-electron chi connectivity index (χ1n) is 15.4. The summed E-state index contributed by atoms with van der Waals surface area (Å²) in [5.41, 5.74) is 2.52. The average Bonchev–Trinajstić information content (AvgIpc) is 3.34. The molecule has 1 aliphatic heterocycles. The van der Waals surface area contributed by atoms with Gasteiger partial charge >= 0.3 is 6.09 Å². The van der Waals surface area contributed by atoms with Crippen molar-refractivity contribution >= 4 is 33.8 Å². The summed E-state index contributed by atoms with van der Waals surface area (Å²) in [6.45, 7) is 7.53. The van der Waals surface area contributed by atoms with Crippen molar-refractivity contribution in [3.8, 4) is 0 Å². The number of nitrogens with zero attached hydrogens (tertiary/aromatic N) is 3. The standard InChI is InChI=1S/C35H44N4O4/c1-35(2,3)43-34(41)36-28(22-25-17-18-26-11-5-6-12-27(26)21-25)23-33(40)38-19-9-13-29(24-38)39-31-15-8-7-14-30(31)37-32(39)16-10-20-42-4/h5-8,11-12,14-15,17-18,21,28-29H,9-10,13,16,19-20,22-24H2,1-4H3,(H,36,41)/t28-,29-/m1/s1. The van der Waals surface area contributed by atoms with E-state index < -0.39 is 17.7 Å². The minimum atomic E-state index is -0.629. The second kappa shape index (κ2) is 13.6. The van der Waals surface area contributed by atoms with Crippen LogP contribution in [0.15, 0.2) is 66.7 Å². The Morgan fingerprint density at radius 3 is 2.60 bits per heavy atom. The van der Waals surface area contributed by atoms with Gasteiger partial charge in [-0.05, 0) is 74.9 Å². The van der Waals surface area contributed by atoms with E-state index in [0.29, 0.717) is 26.1 Å². The molecule has 228 valence electrons. The van der Waals surface area contributed by atoms with Crippen molar-refractivity contribution in [3.63, 3.8) is 0 Å². The molecule has 2 amide bonds. The number of carbonyl (C=O) groups is 2. The third kappa shape index (κ3) is 7.93. The molecule has 4 aromatic rings. The van der Waals surface area contributed by atoms with Gasteiger partial charge in [0.1, 0.15) is 11.4 Å². The molecule has 0 unspecified atom stereocenters. The van der Waals surface area contributed by atoms with Gasteiger partial charge in [0.25, 0.3) is 0 Å². The number of ether oxygens (including phenoxy) is 2. The Balaban J connectivity index is 1.33. The number of piperidine rings is 1. The highest BCUT2D eigenvalue weighted by molar-refractivity contribution is 5.83. The molecule has 0 saturated carbocycles. The molecule has 1 fully saturated rings. The smallest absolute Gasteiger partial charge is 0.407 e. The first-order valence-corrected chi connectivity index (χ1v) is 15.4. The highest BCUT2D eigenvalue weighted by Gasteiger charge is 2.30. The van der Waals surface area contributed by atoms with Crippen molar-refractivity contribution in [2.24, 2.45) is 0 Å². The van der Waals surface area contributed by atoms with Crippen LogP contribution in [0.2, 0.25) is 0 Å². The minimum absolute atomic E-state index is 0.0388. The minimum Gasteiger partial charge on any atom is -0.444 e. The molecule has 3 aromatic carbocycles. The summed E-state index contributed by atoms with van der Waals surface area (Å²) in [6, 6.07) is 22.5. The average molecular weight is 585 g/mol. The fourth-order valence-corrected chi connectivity index (χ4v) is 6.08. The molecule has 2 heterocycles. The normalized spacial score (nSPS) is 16.4. The molecule has 1 aromatic heterocycles. The molecule has 8 nitrogen and oxygen atoms in total. The molecule has 1 aliphatic rings. The first kappa shape index (κ1) is 30.5. The van der Waals surface area contributed by atoms with E-state index in [4.69, 9.17) is 14.5 Å². The molecule has 0 radical (unpaired) electrons. The van der Waals surface area contributed by atoms with E-state index in [1.165, 1.54) is 0 Å². The number of aromatic nitrogens is 2. The number of carbonyl (C=O) groups excluding carboxylic acids is 2. The summed E-state index contributed by atoms with van der Waals surface area (Å²) in [6.07, 6.45) is 3.83. The number of amides is 2. The summed E-state index contributed by atoms with van der Waals surface area (Å²) in [5, 5.41) is 5.30. The highest BCUT2D eigenvalue weighted by Crippen LogP contribution is 2.29. The Morgan fingerprint density at radius 1 is 1.05 bits per heavy atom. The second-order valence-electron chi connectivity index (χ2n) is 12.6. The van der Waals surface area contributed by atoms with E-state index >= 15 is 0 Å². The number of imidazole rings is 1. The van der Waals surface area contributed by atoms with Crippen LogP contribution in [-0.4, -0.2) is 64.9 Å². The third-order valence-corrected chi connectivity index (χ3v) is 7.97. The lowest BCUT2D eigenvalue weighted by Gasteiger charge is -2.35. The van der Waals surface area contributed by atoms with E-state index in [9.17, 15) is 9.59 Å². The Morgan fingerprint density at radius 2 is 1.81 bits per heavy atom. The quantitative estimate of drug-likeness (QED) is 0.216. The number of benzene rings is 3. The topological polar surface area (TPSA) is 85.7 Å². The lowest BCUT2D eigenvalue weighted by Crippen LogP contribution is -2.46. The molecule has 0 aliphatic carbocycles. The van der Waals surface area contributed by atoms with Gasteiger partial charge in [-0.2, -0.15) is 0 Å². The molecular weight excluding hydrogens is 540 g/mol. The molecule has 8 heteroatoms. The van der Waals surface area contributed by atoms with Crippen LogP contribution in [0.1, 0.15) is 63.9 Å². The second-order valence-corrected chi connectivity index (χ2v) is 12.6. The highest BCUT2D eigenvalue weighted by atomic mass is 16.6. The summed E-state index contributed by atoms with van der Waals surface area (Å²) < 4.78 is 13.2. The van der Waals surface area contributed by atoms with Crippen LogP contribution in [0.3, 0.4) is 0 Å². The maximum atomic E-state index is 13.8. The number of alkyl carbamates (subject to hydrolysis) is 1. The number of rotatable bonds is 10. The van der Waals surface area contributed by atoms with Gasteiger partial charge < -0.3 is 24.3 Å². The van der Waals surface area contributed by atoms with Crippen molar-refractivity contribution in [3.05, 3.63) is 78.1 Å². The molecule has 5 rings (SSSR count). The molecule has 1 saturated heterocycles. The van der Waals surface area contributed by atoms with Gasteiger partial charge in [-0.15, -0.1) is 0 Å². The number of aryl methyl sites for hydroxylation is 1. The van der Waals surface area contributed by atoms with Gasteiger partial charge in [-0.3, -0.25) is 4.79 Å². The van der Waals surface area contributed by atoms with E-state index in [2.05, 4.69) is 52.3 Å². The van der Waals surface area contributed by atoms with Crippen LogP contribution in [0.5, 0.6) is 0 Å². The molecule has 0 bridgehead atoms. The molecule has 2 atom stereocenters. The molecule has 1 N–H and O–H groups in total. The number of para-hydroxylation sites is 2. The van der Waals surface area contributed by atoms with Crippen molar-refractivity contribution in [2.45, 2.75) is 77.0 Å². The summed E-state index contributed by atoms with van der Waals surface area (Å²) in [5.74, 6) is 1.08. The number of methoxy groups -OCH3 is 1. The predicted molar refractivity (Wildman–Crippen MR) is 170 cm³/mol. The van der Waals surface area contributed by atoms with E-state index in [-0.39, 0.29) is 18.4 Å². The first-order chi connectivity index (χ1) is 20.7. The van der Waals surface area contributed by atoms with Gasteiger partial charge in [0.05, 0.1) is 17.1 Å². The fraction of sp³-hybridized carbons (Fsp3) is 0.457. The van der Waals surface area contributed by atoms with Gasteiger partial charge in [0.2, 0.25) is 5.91 Å².